The van der Waals surface area contributed by atoms with Crippen molar-refractivity contribution < 1.29 is 14.0 Å². The molecule has 2 aromatic rings. The Kier molecular flexibility index (Phi) is 3.10. The van der Waals surface area contributed by atoms with Crippen molar-refractivity contribution in [2.45, 2.75) is 12.8 Å². The number of hydrogen-bond acceptors (Lipinski definition) is 3. The van der Waals surface area contributed by atoms with Crippen molar-refractivity contribution >= 4 is 24.1 Å². The minimum absolute atomic E-state index is 0.0473. The van der Waals surface area contributed by atoms with Gasteiger partial charge in [-0.05, 0) is 42.7 Å². The first-order valence-electron chi connectivity index (χ1n) is 6.42. The van der Waals surface area contributed by atoms with Crippen molar-refractivity contribution in [1.82, 2.24) is 4.98 Å². The van der Waals surface area contributed by atoms with E-state index in [0.717, 1.165) is 37.1 Å². The Bertz CT molecular complexity index is 679. The number of H-pyrrole nitrogens is 1. The Balaban J connectivity index is 2.03. The number of aromatic nitrogens is 1. The van der Waals surface area contributed by atoms with Crippen molar-refractivity contribution in [1.29, 1.82) is 0 Å². The molecular formula is C15H13FN2O2. The molecule has 0 spiro atoms. The normalized spacial score (nSPS) is 13.9. The molecule has 2 heterocycles. The maximum Gasteiger partial charge on any atom is 0.166 e. The van der Waals surface area contributed by atoms with E-state index in [0.29, 0.717) is 17.7 Å². The highest BCUT2D eigenvalue weighted by Gasteiger charge is 2.21. The second-order valence-corrected chi connectivity index (χ2v) is 4.80. The van der Waals surface area contributed by atoms with Crippen LogP contribution in [0.1, 0.15) is 32.8 Å². The highest BCUT2D eigenvalue weighted by atomic mass is 19.1. The summed E-state index contributed by atoms with van der Waals surface area (Å²) in [4.78, 5) is 26.5. The lowest BCUT2D eigenvalue weighted by molar-refractivity contribution is 0.111. The monoisotopic (exact) mass is 272 g/mol. The van der Waals surface area contributed by atoms with Gasteiger partial charge in [-0.2, -0.15) is 0 Å². The van der Waals surface area contributed by atoms with Crippen LogP contribution in [-0.4, -0.2) is 24.1 Å². The summed E-state index contributed by atoms with van der Waals surface area (Å²) in [6.45, 7) is 0.742. The van der Waals surface area contributed by atoms with Crippen LogP contribution < -0.4 is 4.90 Å². The van der Waals surface area contributed by atoms with E-state index in [2.05, 4.69) is 4.98 Å². The molecule has 1 aliphatic heterocycles. The van der Waals surface area contributed by atoms with E-state index < -0.39 is 5.82 Å². The third-order valence-electron chi connectivity index (χ3n) is 3.54. The quantitative estimate of drug-likeness (QED) is 0.874. The zero-order chi connectivity index (χ0) is 14.1. The summed E-state index contributed by atoms with van der Waals surface area (Å²) in [7, 11) is 0. The van der Waals surface area contributed by atoms with E-state index in [1.165, 1.54) is 12.1 Å². The van der Waals surface area contributed by atoms with Gasteiger partial charge in [-0.3, -0.25) is 9.59 Å². The molecule has 0 atom stereocenters. The van der Waals surface area contributed by atoms with Crippen LogP contribution in [0.15, 0.2) is 24.3 Å². The Morgan fingerprint density at radius 1 is 1.20 bits per heavy atom. The van der Waals surface area contributed by atoms with Gasteiger partial charge in [0.25, 0.3) is 0 Å². The first-order chi connectivity index (χ1) is 9.72. The predicted octanol–water partition coefficient (Wildman–Crippen LogP) is 2.86. The van der Waals surface area contributed by atoms with Gasteiger partial charge >= 0.3 is 0 Å². The number of aryl methyl sites for hydroxylation is 1. The molecule has 3 rings (SSSR count). The zero-order valence-corrected chi connectivity index (χ0v) is 10.7. The van der Waals surface area contributed by atoms with E-state index in [1.54, 1.807) is 6.07 Å². The number of hydrogen-bond donors (Lipinski definition) is 1. The smallest absolute Gasteiger partial charge is 0.166 e. The Morgan fingerprint density at radius 3 is 2.75 bits per heavy atom. The van der Waals surface area contributed by atoms with Gasteiger partial charge in [0.1, 0.15) is 11.6 Å². The van der Waals surface area contributed by atoms with Crippen LogP contribution >= 0.6 is 0 Å². The summed E-state index contributed by atoms with van der Waals surface area (Å²) < 4.78 is 13.7. The summed E-state index contributed by atoms with van der Waals surface area (Å²) in [5.74, 6) is 0.295. The van der Waals surface area contributed by atoms with Gasteiger partial charge in [0.05, 0.1) is 11.3 Å². The Morgan fingerprint density at radius 2 is 2.05 bits per heavy atom. The number of anilines is 2. The number of carbonyl (C=O) groups is 2. The molecule has 1 aromatic heterocycles. The number of aldehydes is 2. The molecule has 5 heteroatoms. The topological polar surface area (TPSA) is 53.2 Å². The molecule has 0 amide bonds. The van der Waals surface area contributed by atoms with E-state index in [-0.39, 0.29) is 5.56 Å². The predicted molar refractivity (Wildman–Crippen MR) is 73.3 cm³/mol. The Hall–Kier alpha value is -2.43. The highest BCUT2D eigenvalue weighted by Crippen LogP contribution is 2.33. The van der Waals surface area contributed by atoms with E-state index >= 15 is 0 Å². The van der Waals surface area contributed by atoms with Crippen LogP contribution in [0.25, 0.3) is 0 Å². The molecule has 1 aliphatic rings. The fourth-order valence-corrected chi connectivity index (χ4v) is 2.58. The summed E-state index contributed by atoms with van der Waals surface area (Å²) >= 11 is 0. The highest BCUT2D eigenvalue weighted by molar-refractivity contribution is 5.79. The van der Waals surface area contributed by atoms with Gasteiger partial charge < -0.3 is 9.88 Å². The molecule has 0 aliphatic carbocycles. The molecule has 1 N–H and O–H groups in total. The molecule has 20 heavy (non-hydrogen) atoms. The van der Waals surface area contributed by atoms with Gasteiger partial charge in [-0.1, -0.05) is 0 Å². The molecule has 0 fully saturated rings. The van der Waals surface area contributed by atoms with E-state index in [9.17, 15) is 14.0 Å². The SMILES string of the molecule is O=Cc1cc2c([nH]1)N(c1ccc(C=O)c(F)c1)CCC2. The lowest BCUT2D eigenvalue weighted by atomic mass is 10.1. The zero-order valence-electron chi connectivity index (χ0n) is 10.7. The van der Waals surface area contributed by atoms with E-state index in [1.807, 2.05) is 11.0 Å². The van der Waals surface area contributed by atoms with Crippen molar-refractivity contribution in [2.75, 3.05) is 11.4 Å². The van der Waals surface area contributed by atoms with Crippen LogP contribution in [0.3, 0.4) is 0 Å². The number of benzene rings is 1. The molecule has 102 valence electrons. The molecule has 4 nitrogen and oxygen atoms in total. The van der Waals surface area contributed by atoms with Crippen LogP contribution in [0.4, 0.5) is 15.9 Å². The standard InChI is InChI=1S/C15H13FN2O2/c16-14-7-13(4-3-11(14)8-19)18-5-1-2-10-6-12(9-20)17-15(10)18/h3-4,6-9,17H,1-2,5H2. The number of nitrogens with zero attached hydrogens (tertiary/aromatic N) is 1. The molecule has 0 unspecified atom stereocenters. The van der Waals surface area contributed by atoms with Crippen LogP contribution in [0.5, 0.6) is 0 Å². The minimum atomic E-state index is -0.535. The fourth-order valence-electron chi connectivity index (χ4n) is 2.58. The van der Waals surface area contributed by atoms with Crippen molar-refractivity contribution in [3.63, 3.8) is 0 Å². The number of carbonyl (C=O) groups excluding carboxylic acids is 2. The second kappa shape index (κ2) is 4.92. The third kappa shape index (κ3) is 2.01. The summed E-state index contributed by atoms with van der Waals surface area (Å²) in [6.07, 6.45) is 3.09. The largest absolute Gasteiger partial charge is 0.339 e. The number of fused-ring (bicyclic) bond motifs is 1. The van der Waals surface area contributed by atoms with Crippen molar-refractivity contribution in [3.8, 4) is 0 Å². The van der Waals surface area contributed by atoms with Gasteiger partial charge in [0.2, 0.25) is 0 Å². The first kappa shape index (κ1) is 12.6. The summed E-state index contributed by atoms with van der Waals surface area (Å²) in [5, 5.41) is 0. The summed E-state index contributed by atoms with van der Waals surface area (Å²) in [5.41, 5.74) is 2.30. The maximum absolute atomic E-state index is 13.7. The van der Waals surface area contributed by atoms with Gasteiger partial charge in [-0.15, -0.1) is 0 Å². The molecule has 0 saturated heterocycles. The average molecular weight is 272 g/mol. The number of nitrogens with one attached hydrogen (secondary N) is 1. The number of rotatable bonds is 3. The molecule has 0 saturated carbocycles. The lowest BCUT2D eigenvalue weighted by Gasteiger charge is -2.28. The Labute approximate surface area is 115 Å². The third-order valence-corrected chi connectivity index (χ3v) is 3.54. The lowest BCUT2D eigenvalue weighted by Crippen LogP contribution is -2.24. The fraction of sp³-hybridized carbons (Fsp3) is 0.200. The van der Waals surface area contributed by atoms with Gasteiger partial charge in [0.15, 0.2) is 12.6 Å². The molecular weight excluding hydrogens is 259 g/mol. The van der Waals surface area contributed by atoms with Gasteiger partial charge in [-0.25, -0.2) is 4.39 Å². The van der Waals surface area contributed by atoms with Crippen LogP contribution in [0, 0.1) is 5.82 Å². The van der Waals surface area contributed by atoms with Crippen LogP contribution in [-0.2, 0) is 6.42 Å². The molecule has 1 aromatic carbocycles. The van der Waals surface area contributed by atoms with E-state index in [4.69, 9.17) is 0 Å². The number of aromatic amines is 1. The average Bonchev–Trinajstić information content (AvgIpc) is 2.90. The molecule has 0 bridgehead atoms. The summed E-state index contributed by atoms with van der Waals surface area (Å²) in [6, 6.07) is 6.35. The van der Waals surface area contributed by atoms with Gasteiger partial charge in [0, 0.05) is 12.2 Å². The first-order valence-corrected chi connectivity index (χ1v) is 6.42. The maximum atomic E-state index is 13.7. The minimum Gasteiger partial charge on any atom is -0.339 e. The second-order valence-electron chi connectivity index (χ2n) is 4.80. The molecule has 0 radical (unpaired) electrons. The van der Waals surface area contributed by atoms with Crippen LogP contribution in [0.2, 0.25) is 0 Å². The number of halogens is 1. The van der Waals surface area contributed by atoms with Crippen molar-refractivity contribution in [2.24, 2.45) is 0 Å². The van der Waals surface area contributed by atoms with Crippen molar-refractivity contribution in [3.05, 3.63) is 46.9 Å².